The summed E-state index contributed by atoms with van der Waals surface area (Å²) in [6.45, 7) is 5.89. The molecule has 0 fully saturated rings. The van der Waals surface area contributed by atoms with Crippen LogP contribution in [0.2, 0.25) is 0 Å². The van der Waals surface area contributed by atoms with Gasteiger partial charge in [-0.25, -0.2) is 9.78 Å². The lowest BCUT2D eigenvalue weighted by Gasteiger charge is -2.09. The van der Waals surface area contributed by atoms with Crippen molar-refractivity contribution >= 4 is 11.9 Å². The van der Waals surface area contributed by atoms with Crippen LogP contribution in [-0.2, 0) is 11.3 Å². The van der Waals surface area contributed by atoms with E-state index >= 15 is 0 Å². The number of aromatic nitrogens is 3. The Hall–Kier alpha value is -3.16. The maximum absolute atomic E-state index is 12.3. The summed E-state index contributed by atoms with van der Waals surface area (Å²) in [7, 11) is 0. The second-order valence-electron chi connectivity index (χ2n) is 4.60. The number of H-pyrrole nitrogens is 1. The minimum Gasteiger partial charge on any atom is -0.489 e. The van der Waals surface area contributed by atoms with E-state index in [9.17, 15) is 9.59 Å². The summed E-state index contributed by atoms with van der Waals surface area (Å²) >= 11 is 0. The zero-order valence-corrected chi connectivity index (χ0v) is 13.2. The van der Waals surface area contributed by atoms with Gasteiger partial charge in [-0.05, 0) is 19.1 Å². The monoisotopic (exact) mass is 330 g/mol. The average molecular weight is 330 g/mol. The van der Waals surface area contributed by atoms with Gasteiger partial charge in [0.15, 0.2) is 0 Å². The van der Waals surface area contributed by atoms with Crippen LogP contribution in [0.1, 0.15) is 33.7 Å². The molecule has 1 aromatic carbocycles. The summed E-state index contributed by atoms with van der Waals surface area (Å²) in [5.74, 6) is -0.218. The number of ether oxygens (including phenoxy) is 2. The highest BCUT2D eigenvalue weighted by Gasteiger charge is 2.15. The minimum absolute atomic E-state index is 0.0733. The van der Waals surface area contributed by atoms with Crippen molar-refractivity contribution in [1.29, 1.82) is 0 Å². The Morgan fingerprint density at radius 1 is 1.38 bits per heavy atom. The molecule has 0 radical (unpaired) electrons. The van der Waals surface area contributed by atoms with Crippen molar-refractivity contribution in [2.45, 2.75) is 13.5 Å². The number of hydrogen-bond donors (Lipinski definition) is 2. The van der Waals surface area contributed by atoms with Gasteiger partial charge in [-0.3, -0.25) is 9.89 Å². The van der Waals surface area contributed by atoms with Gasteiger partial charge in [-0.1, -0.05) is 24.8 Å². The largest absolute Gasteiger partial charge is 0.489 e. The van der Waals surface area contributed by atoms with Crippen molar-refractivity contribution in [2.75, 3.05) is 13.2 Å². The Morgan fingerprint density at radius 3 is 2.92 bits per heavy atom. The molecule has 1 aromatic heterocycles. The van der Waals surface area contributed by atoms with Gasteiger partial charge >= 0.3 is 5.97 Å². The molecule has 8 nitrogen and oxygen atoms in total. The van der Waals surface area contributed by atoms with E-state index in [0.717, 1.165) is 0 Å². The first-order valence-corrected chi connectivity index (χ1v) is 7.35. The van der Waals surface area contributed by atoms with Crippen molar-refractivity contribution in [1.82, 2.24) is 20.5 Å². The summed E-state index contributed by atoms with van der Waals surface area (Å²) in [6.07, 6.45) is 1.60. The smallest absolute Gasteiger partial charge is 0.378 e. The van der Waals surface area contributed by atoms with E-state index in [0.29, 0.717) is 23.7 Å². The normalized spacial score (nSPS) is 10.0. The Kier molecular flexibility index (Phi) is 6.07. The van der Waals surface area contributed by atoms with Crippen LogP contribution in [0, 0.1) is 0 Å². The molecule has 1 amide bonds. The van der Waals surface area contributed by atoms with Gasteiger partial charge in [-0.15, -0.1) is 5.10 Å². The number of carbonyl (C=O) groups excluding carboxylic acids is 2. The van der Waals surface area contributed by atoms with E-state index in [2.05, 4.69) is 27.1 Å². The Labute approximate surface area is 138 Å². The first-order chi connectivity index (χ1) is 11.7. The highest BCUT2D eigenvalue weighted by molar-refractivity contribution is 5.96. The molecule has 2 aromatic rings. The fourth-order valence-corrected chi connectivity index (χ4v) is 1.85. The quantitative estimate of drug-likeness (QED) is 0.561. The summed E-state index contributed by atoms with van der Waals surface area (Å²) in [4.78, 5) is 27.7. The predicted molar refractivity (Wildman–Crippen MR) is 85.6 cm³/mol. The molecule has 0 aliphatic rings. The number of rotatable bonds is 8. The van der Waals surface area contributed by atoms with E-state index in [4.69, 9.17) is 9.47 Å². The average Bonchev–Trinajstić information content (AvgIpc) is 3.07. The van der Waals surface area contributed by atoms with Crippen LogP contribution in [0.15, 0.2) is 36.9 Å². The molecule has 0 aliphatic heterocycles. The minimum atomic E-state index is -0.616. The number of nitrogens with zero attached hydrogens (tertiary/aromatic N) is 2. The number of benzene rings is 1. The summed E-state index contributed by atoms with van der Waals surface area (Å²) in [5, 5.41) is 9.01. The zero-order chi connectivity index (χ0) is 17.4. The molecule has 0 saturated heterocycles. The first-order valence-electron chi connectivity index (χ1n) is 7.35. The summed E-state index contributed by atoms with van der Waals surface area (Å²) in [5.41, 5.74) is 0.393. The lowest BCUT2D eigenvalue weighted by atomic mass is 10.2. The molecule has 0 unspecified atom stereocenters. The van der Waals surface area contributed by atoms with Crippen molar-refractivity contribution in [3.63, 3.8) is 0 Å². The third kappa shape index (κ3) is 4.42. The van der Waals surface area contributed by atoms with Crippen molar-refractivity contribution < 1.29 is 19.1 Å². The fraction of sp³-hybridized carbons (Fsp3) is 0.250. The number of esters is 1. The molecule has 0 spiro atoms. The number of amides is 1. The zero-order valence-electron chi connectivity index (χ0n) is 13.2. The lowest BCUT2D eigenvalue weighted by molar-refractivity contribution is 0.0512. The van der Waals surface area contributed by atoms with E-state index in [1.54, 1.807) is 37.3 Å². The molecule has 1 heterocycles. The standard InChI is InChI=1S/C16H18N4O4/c1-3-9-24-12-8-6-5-7-11(12)15(21)17-10-13-18-14(20-19-13)16(22)23-4-2/h3,5-8H,1,4,9-10H2,2H3,(H,17,21)(H,18,19,20). The fourth-order valence-electron chi connectivity index (χ4n) is 1.85. The summed E-state index contributed by atoms with van der Waals surface area (Å²) < 4.78 is 10.2. The highest BCUT2D eigenvalue weighted by Crippen LogP contribution is 2.17. The van der Waals surface area contributed by atoms with Crippen LogP contribution in [0.3, 0.4) is 0 Å². The van der Waals surface area contributed by atoms with Crippen LogP contribution in [-0.4, -0.2) is 40.3 Å². The van der Waals surface area contributed by atoms with Crippen LogP contribution in [0.4, 0.5) is 0 Å². The molecular formula is C16H18N4O4. The molecule has 0 bridgehead atoms. The van der Waals surface area contributed by atoms with Gasteiger partial charge in [-0.2, -0.15) is 0 Å². The molecule has 0 saturated carbocycles. The maximum Gasteiger partial charge on any atom is 0.378 e. The van der Waals surface area contributed by atoms with Crippen LogP contribution in [0.25, 0.3) is 0 Å². The second kappa shape index (κ2) is 8.47. The number of hydrogen-bond acceptors (Lipinski definition) is 6. The molecule has 2 N–H and O–H groups in total. The molecule has 24 heavy (non-hydrogen) atoms. The van der Waals surface area contributed by atoms with E-state index in [-0.39, 0.29) is 24.9 Å². The maximum atomic E-state index is 12.3. The molecule has 126 valence electrons. The Balaban J connectivity index is 1.98. The van der Waals surface area contributed by atoms with Crippen LogP contribution >= 0.6 is 0 Å². The topological polar surface area (TPSA) is 106 Å². The van der Waals surface area contributed by atoms with Crippen molar-refractivity contribution in [3.8, 4) is 5.75 Å². The lowest BCUT2D eigenvalue weighted by Crippen LogP contribution is -2.24. The summed E-state index contributed by atoms with van der Waals surface area (Å²) in [6, 6.07) is 6.87. The number of carbonyl (C=O) groups is 2. The molecule has 8 heteroatoms. The van der Waals surface area contributed by atoms with Gasteiger partial charge in [0.25, 0.3) is 11.7 Å². The first kappa shape index (κ1) is 17.2. The Morgan fingerprint density at radius 2 is 2.17 bits per heavy atom. The van der Waals surface area contributed by atoms with E-state index in [1.807, 2.05) is 0 Å². The Bertz CT molecular complexity index is 726. The van der Waals surface area contributed by atoms with Gasteiger partial charge in [0, 0.05) is 0 Å². The number of aromatic amines is 1. The van der Waals surface area contributed by atoms with Crippen molar-refractivity contribution in [3.05, 3.63) is 54.1 Å². The molecule has 2 rings (SSSR count). The third-order valence-electron chi connectivity index (χ3n) is 2.89. The van der Waals surface area contributed by atoms with Crippen LogP contribution < -0.4 is 10.1 Å². The van der Waals surface area contributed by atoms with Gasteiger partial charge in [0.1, 0.15) is 18.2 Å². The molecule has 0 aliphatic carbocycles. The van der Waals surface area contributed by atoms with Gasteiger partial charge in [0.05, 0.1) is 18.7 Å². The third-order valence-corrected chi connectivity index (χ3v) is 2.89. The predicted octanol–water partition coefficient (Wildman–Crippen LogP) is 1.48. The van der Waals surface area contributed by atoms with E-state index in [1.165, 1.54) is 0 Å². The van der Waals surface area contributed by atoms with Gasteiger partial charge in [0.2, 0.25) is 0 Å². The van der Waals surface area contributed by atoms with Gasteiger partial charge < -0.3 is 14.8 Å². The SMILES string of the molecule is C=CCOc1ccccc1C(=O)NCc1nc(C(=O)OCC)n[nH]1. The van der Waals surface area contributed by atoms with Crippen molar-refractivity contribution in [2.24, 2.45) is 0 Å². The second-order valence-corrected chi connectivity index (χ2v) is 4.60. The molecular weight excluding hydrogens is 312 g/mol. The highest BCUT2D eigenvalue weighted by atomic mass is 16.5. The van der Waals surface area contributed by atoms with E-state index < -0.39 is 5.97 Å². The number of para-hydroxylation sites is 1. The number of nitrogens with one attached hydrogen (secondary N) is 2. The van der Waals surface area contributed by atoms with Crippen LogP contribution in [0.5, 0.6) is 5.75 Å². The molecule has 0 atom stereocenters.